The van der Waals surface area contributed by atoms with Crippen molar-refractivity contribution in [1.29, 1.82) is 0 Å². The average molecular weight is 286 g/mol. The van der Waals surface area contributed by atoms with Crippen LogP contribution in [0.25, 0.3) is 0 Å². The van der Waals surface area contributed by atoms with Gasteiger partial charge in [-0.3, -0.25) is 0 Å². The van der Waals surface area contributed by atoms with E-state index in [2.05, 4.69) is 18.2 Å². The van der Waals surface area contributed by atoms with Gasteiger partial charge in [-0.15, -0.1) is 17.8 Å². The number of hydrogen-bond donors (Lipinski definition) is 1. The molecule has 0 aromatic carbocycles. The second-order valence-electron chi connectivity index (χ2n) is 3.92. The van der Waals surface area contributed by atoms with E-state index >= 15 is 0 Å². The lowest BCUT2D eigenvalue weighted by molar-refractivity contribution is 0.505. The van der Waals surface area contributed by atoms with Crippen molar-refractivity contribution in [1.82, 2.24) is 9.62 Å². The first-order chi connectivity index (χ1) is 8.52. The molecule has 0 spiro atoms. The lowest BCUT2D eigenvalue weighted by Gasteiger charge is -2.12. The van der Waals surface area contributed by atoms with E-state index < -0.39 is 10.0 Å². The quantitative estimate of drug-likeness (QED) is 0.610. The summed E-state index contributed by atoms with van der Waals surface area (Å²) >= 11 is 1.23. The third-order valence-corrected chi connectivity index (χ3v) is 5.63. The number of nitrogens with zero attached hydrogens (tertiary/aromatic N) is 1. The van der Waals surface area contributed by atoms with Crippen molar-refractivity contribution in [2.45, 2.75) is 24.1 Å². The second-order valence-corrected chi connectivity index (χ2v) is 7.10. The topological polar surface area (TPSA) is 49.4 Å². The molecule has 1 heterocycles. The minimum Gasteiger partial charge on any atom is -0.313 e. The maximum absolute atomic E-state index is 12.1. The number of sulfonamides is 1. The Kier molecular flexibility index (Phi) is 5.82. The zero-order chi connectivity index (χ0) is 13.6. The van der Waals surface area contributed by atoms with Crippen molar-refractivity contribution in [3.05, 3.63) is 17.0 Å². The molecule has 0 saturated carbocycles. The maximum Gasteiger partial charge on any atom is 0.253 e. The SMILES string of the molecule is C#CCN(C)S(=O)(=O)c1cc(CNCCC)cs1. The van der Waals surface area contributed by atoms with E-state index in [1.54, 1.807) is 6.07 Å². The van der Waals surface area contributed by atoms with Crippen LogP contribution in [0.1, 0.15) is 18.9 Å². The molecule has 1 rings (SSSR count). The van der Waals surface area contributed by atoms with Crippen LogP contribution in [-0.4, -0.2) is 32.9 Å². The van der Waals surface area contributed by atoms with E-state index in [1.807, 2.05) is 5.38 Å². The molecule has 0 atom stereocenters. The molecule has 6 heteroatoms. The predicted octanol–water partition coefficient (Wildman–Crippen LogP) is 1.50. The molecule has 0 saturated heterocycles. The molecule has 1 aromatic rings. The average Bonchev–Trinajstić information content (AvgIpc) is 2.79. The van der Waals surface area contributed by atoms with Crippen LogP contribution in [0.15, 0.2) is 15.7 Å². The Hall–Kier alpha value is -0.870. The van der Waals surface area contributed by atoms with E-state index in [1.165, 1.54) is 22.7 Å². The largest absolute Gasteiger partial charge is 0.313 e. The summed E-state index contributed by atoms with van der Waals surface area (Å²) in [4.78, 5) is 0. The van der Waals surface area contributed by atoms with E-state index in [9.17, 15) is 8.42 Å². The van der Waals surface area contributed by atoms with E-state index in [0.717, 1.165) is 18.5 Å². The van der Waals surface area contributed by atoms with E-state index in [-0.39, 0.29) is 6.54 Å². The summed E-state index contributed by atoms with van der Waals surface area (Å²) in [6.07, 6.45) is 6.18. The molecule has 0 fully saturated rings. The highest BCUT2D eigenvalue weighted by molar-refractivity contribution is 7.91. The van der Waals surface area contributed by atoms with E-state index in [4.69, 9.17) is 6.42 Å². The molecule has 1 N–H and O–H groups in total. The van der Waals surface area contributed by atoms with Crippen LogP contribution in [0.3, 0.4) is 0 Å². The molecule has 100 valence electrons. The fourth-order valence-electron chi connectivity index (χ4n) is 1.36. The molecule has 4 nitrogen and oxygen atoms in total. The van der Waals surface area contributed by atoms with Crippen molar-refractivity contribution in [3.63, 3.8) is 0 Å². The molecule has 0 aliphatic rings. The first-order valence-electron chi connectivity index (χ1n) is 5.70. The summed E-state index contributed by atoms with van der Waals surface area (Å²) in [7, 11) is -1.94. The molecular formula is C12H18N2O2S2. The predicted molar refractivity (Wildman–Crippen MR) is 75.0 cm³/mol. The minimum atomic E-state index is -3.43. The van der Waals surface area contributed by atoms with Gasteiger partial charge in [-0.05, 0) is 30.0 Å². The normalized spacial score (nSPS) is 11.7. The van der Waals surface area contributed by atoms with Gasteiger partial charge in [0.25, 0.3) is 10.0 Å². The van der Waals surface area contributed by atoms with Gasteiger partial charge in [-0.25, -0.2) is 8.42 Å². The number of hydrogen-bond acceptors (Lipinski definition) is 4. The summed E-state index contributed by atoms with van der Waals surface area (Å²) in [5.74, 6) is 2.33. The molecular weight excluding hydrogens is 268 g/mol. The van der Waals surface area contributed by atoms with E-state index in [0.29, 0.717) is 10.8 Å². The van der Waals surface area contributed by atoms with Gasteiger partial charge in [-0.2, -0.15) is 4.31 Å². The van der Waals surface area contributed by atoms with Crippen molar-refractivity contribution < 1.29 is 8.42 Å². The van der Waals surface area contributed by atoms with Crippen LogP contribution in [0.2, 0.25) is 0 Å². The number of terminal acetylenes is 1. The zero-order valence-electron chi connectivity index (χ0n) is 10.6. The van der Waals surface area contributed by atoms with Crippen LogP contribution in [0.4, 0.5) is 0 Å². The zero-order valence-corrected chi connectivity index (χ0v) is 12.3. The van der Waals surface area contributed by atoms with Crippen LogP contribution < -0.4 is 5.32 Å². The minimum absolute atomic E-state index is 0.0870. The Labute approximate surface area is 113 Å². The molecule has 0 bridgehead atoms. The van der Waals surface area contributed by atoms with Crippen LogP contribution in [0.5, 0.6) is 0 Å². The number of rotatable bonds is 7. The van der Waals surface area contributed by atoms with Gasteiger partial charge >= 0.3 is 0 Å². The monoisotopic (exact) mass is 286 g/mol. The molecule has 18 heavy (non-hydrogen) atoms. The van der Waals surface area contributed by atoms with Gasteiger partial charge in [0.05, 0.1) is 6.54 Å². The van der Waals surface area contributed by atoms with Crippen molar-refractivity contribution >= 4 is 21.4 Å². The van der Waals surface area contributed by atoms with Crippen LogP contribution in [-0.2, 0) is 16.6 Å². The Morgan fingerprint density at radius 2 is 2.28 bits per heavy atom. The van der Waals surface area contributed by atoms with Gasteiger partial charge in [0.2, 0.25) is 0 Å². The summed E-state index contributed by atoms with van der Waals surface area (Å²) in [6, 6.07) is 1.70. The van der Waals surface area contributed by atoms with Gasteiger partial charge in [0.1, 0.15) is 4.21 Å². The molecule has 0 amide bonds. The third-order valence-electron chi connectivity index (χ3n) is 2.36. The Morgan fingerprint density at radius 3 is 2.89 bits per heavy atom. The number of thiophene rings is 1. The van der Waals surface area contributed by atoms with Gasteiger partial charge in [0, 0.05) is 13.6 Å². The summed E-state index contributed by atoms with van der Waals surface area (Å²) < 4.78 is 25.7. The lowest BCUT2D eigenvalue weighted by atomic mass is 10.3. The Morgan fingerprint density at radius 1 is 1.56 bits per heavy atom. The Bertz CT molecular complexity index is 514. The summed E-state index contributed by atoms with van der Waals surface area (Å²) in [6.45, 7) is 3.79. The van der Waals surface area contributed by atoms with Crippen molar-refractivity contribution in [2.24, 2.45) is 0 Å². The summed E-state index contributed by atoms with van der Waals surface area (Å²) in [5, 5.41) is 5.10. The highest BCUT2D eigenvalue weighted by Gasteiger charge is 2.21. The molecule has 0 radical (unpaired) electrons. The molecule has 0 unspecified atom stereocenters. The van der Waals surface area contributed by atoms with Crippen molar-refractivity contribution in [3.8, 4) is 12.3 Å². The number of nitrogens with one attached hydrogen (secondary N) is 1. The molecule has 0 aliphatic carbocycles. The third kappa shape index (κ3) is 3.82. The fourth-order valence-corrected chi connectivity index (χ4v) is 3.86. The highest BCUT2D eigenvalue weighted by atomic mass is 32.2. The second kappa shape index (κ2) is 6.90. The smallest absolute Gasteiger partial charge is 0.253 e. The lowest BCUT2D eigenvalue weighted by Crippen LogP contribution is -2.26. The van der Waals surface area contributed by atoms with Crippen LogP contribution in [0, 0.1) is 12.3 Å². The van der Waals surface area contributed by atoms with Gasteiger partial charge < -0.3 is 5.32 Å². The highest BCUT2D eigenvalue weighted by Crippen LogP contribution is 2.23. The van der Waals surface area contributed by atoms with Crippen LogP contribution >= 0.6 is 11.3 Å². The Balaban J connectivity index is 2.76. The first-order valence-corrected chi connectivity index (χ1v) is 8.02. The van der Waals surface area contributed by atoms with Crippen molar-refractivity contribution in [2.75, 3.05) is 20.1 Å². The summed E-state index contributed by atoms with van der Waals surface area (Å²) in [5.41, 5.74) is 0.987. The maximum atomic E-state index is 12.1. The van der Waals surface area contributed by atoms with Gasteiger partial charge in [-0.1, -0.05) is 12.8 Å². The molecule has 0 aliphatic heterocycles. The standard InChI is InChI=1S/C12H18N2O2S2/c1-4-6-13-9-11-8-12(17-10-11)18(15,16)14(3)7-5-2/h2,8,10,13H,4,6-7,9H2,1,3H3. The molecule has 1 aromatic heterocycles. The first kappa shape index (κ1) is 15.2. The fraction of sp³-hybridized carbons (Fsp3) is 0.500. The van der Waals surface area contributed by atoms with Gasteiger partial charge in [0.15, 0.2) is 0 Å².